The highest BCUT2D eigenvalue weighted by atomic mass is 16.5. The third-order valence-corrected chi connectivity index (χ3v) is 2.52. The smallest absolute Gasteiger partial charge is 0.126 e. The second-order valence-corrected chi connectivity index (χ2v) is 3.53. The number of hydrogen-bond donors (Lipinski definition) is 2. The van der Waals surface area contributed by atoms with Crippen LogP contribution in [0.4, 0.5) is 0 Å². The Morgan fingerprint density at radius 2 is 2.00 bits per heavy atom. The number of aliphatic hydroxyl groups is 1. The predicted molar refractivity (Wildman–Crippen MR) is 63.1 cm³/mol. The van der Waals surface area contributed by atoms with Crippen LogP contribution in [0.2, 0.25) is 0 Å². The van der Waals surface area contributed by atoms with Crippen molar-refractivity contribution in [2.45, 2.75) is 13.3 Å². The van der Waals surface area contributed by atoms with Gasteiger partial charge in [0.05, 0.1) is 21.0 Å². The Bertz CT molecular complexity index is 339. The topological polar surface area (TPSA) is 50.7 Å². The first-order valence-corrected chi connectivity index (χ1v) is 5.26. The Morgan fingerprint density at radius 1 is 1.25 bits per heavy atom. The van der Waals surface area contributed by atoms with Crippen LogP contribution in [0, 0.1) is 6.92 Å². The zero-order chi connectivity index (χ0) is 12.0. The minimum atomic E-state index is -0.00246. The summed E-state index contributed by atoms with van der Waals surface area (Å²) in [4.78, 5) is 0. The van der Waals surface area contributed by atoms with Gasteiger partial charge >= 0.3 is 0 Å². The highest BCUT2D eigenvalue weighted by Crippen LogP contribution is 2.28. The minimum absolute atomic E-state index is 0.00246. The molecular weight excluding hydrogens is 206 g/mol. The SMILES string of the molecule is COc1cc(C)c(CCNCO)c(OC)c1. The van der Waals surface area contributed by atoms with Gasteiger partial charge in [0.2, 0.25) is 0 Å². The van der Waals surface area contributed by atoms with E-state index in [4.69, 9.17) is 14.6 Å². The van der Waals surface area contributed by atoms with Crippen LogP contribution < -0.4 is 14.8 Å². The zero-order valence-electron chi connectivity index (χ0n) is 10.0. The molecule has 0 saturated heterocycles. The van der Waals surface area contributed by atoms with E-state index in [0.717, 1.165) is 35.6 Å². The minimum Gasteiger partial charge on any atom is -0.497 e. The van der Waals surface area contributed by atoms with Crippen molar-refractivity contribution in [3.63, 3.8) is 0 Å². The highest BCUT2D eigenvalue weighted by Gasteiger charge is 2.08. The van der Waals surface area contributed by atoms with Gasteiger partial charge in [0.1, 0.15) is 11.5 Å². The Kier molecular flexibility index (Phi) is 5.08. The van der Waals surface area contributed by atoms with Crippen LogP contribution >= 0.6 is 0 Å². The number of benzene rings is 1. The summed E-state index contributed by atoms with van der Waals surface area (Å²) in [5, 5.41) is 11.5. The molecule has 1 rings (SSSR count). The lowest BCUT2D eigenvalue weighted by Gasteiger charge is -2.13. The molecule has 0 aliphatic heterocycles. The van der Waals surface area contributed by atoms with Crippen molar-refractivity contribution in [2.75, 3.05) is 27.5 Å². The van der Waals surface area contributed by atoms with E-state index in [1.54, 1.807) is 14.2 Å². The van der Waals surface area contributed by atoms with Crippen LogP contribution in [-0.2, 0) is 6.42 Å². The van der Waals surface area contributed by atoms with Gasteiger partial charge < -0.3 is 14.6 Å². The van der Waals surface area contributed by atoms with Gasteiger partial charge in [-0.1, -0.05) is 0 Å². The normalized spacial score (nSPS) is 10.2. The molecule has 2 N–H and O–H groups in total. The average molecular weight is 225 g/mol. The molecule has 1 aromatic carbocycles. The van der Waals surface area contributed by atoms with Crippen molar-refractivity contribution < 1.29 is 14.6 Å². The molecule has 0 bridgehead atoms. The van der Waals surface area contributed by atoms with Gasteiger partial charge in [0, 0.05) is 12.6 Å². The van der Waals surface area contributed by atoms with Gasteiger partial charge in [-0.15, -0.1) is 0 Å². The van der Waals surface area contributed by atoms with Crippen LogP contribution in [0.1, 0.15) is 11.1 Å². The molecule has 1 aromatic rings. The van der Waals surface area contributed by atoms with Crippen molar-refractivity contribution in [1.82, 2.24) is 5.32 Å². The lowest BCUT2D eigenvalue weighted by molar-refractivity contribution is 0.261. The quantitative estimate of drug-likeness (QED) is 0.562. The van der Waals surface area contributed by atoms with Gasteiger partial charge in [-0.25, -0.2) is 0 Å². The van der Waals surface area contributed by atoms with Crippen molar-refractivity contribution in [1.29, 1.82) is 0 Å². The fourth-order valence-corrected chi connectivity index (χ4v) is 1.67. The van der Waals surface area contributed by atoms with E-state index in [-0.39, 0.29) is 6.73 Å². The van der Waals surface area contributed by atoms with E-state index in [0.29, 0.717) is 0 Å². The van der Waals surface area contributed by atoms with Gasteiger partial charge in [-0.05, 0) is 30.5 Å². The third-order valence-electron chi connectivity index (χ3n) is 2.52. The zero-order valence-corrected chi connectivity index (χ0v) is 10.0. The predicted octanol–water partition coefficient (Wildman–Crippen LogP) is 1.09. The van der Waals surface area contributed by atoms with E-state index in [9.17, 15) is 0 Å². The van der Waals surface area contributed by atoms with Crippen molar-refractivity contribution in [2.24, 2.45) is 0 Å². The number of nitrogens with one attached hydrogen (secondary N) is 1. The molecule has 90 valence electrons. The molecule has 0 amide bonds. The van der Waals surface area contributed by atoms with Gasteiger partial charge in [0.25, 0.3) is 0 Å². The van der Waals surface area contributed by atoms with Gasteiger partial charge in [-0.2, -0.15) is 0 Å². The molecular formula is C12H19NO3. The van der Waals surface area contributed by atoms with E-state index in [2.05, 4.69) is 5.32 Å². The maximum atomic E-state index is 8.66. The summed E-state index contributed by atoms with van der Waals surface area (Å²) in [6, 6.07) is 3.86. The summed E-state index contributed by atoms with van der Waals surface area (Å²) < 4.78 is 10.5. The Balaban J connectivity index is 2.88. The van der Waals surface area contributed by atoms with Crippen molar-refractivity contribution in [3.8, 4) is 11.5 Å². The lowest BCUT2D eigenvalue weighted by Crippen LogP contribution is -2.18. The first-order valence-electron chi connectivity index (χ1n) is 5.26. The third kappa shape index (κ3) is 3.12. The number of ether oxygens (including phenoxy) is 2. The highest BCUT2D eigenvalue weighted by molar-refractivity contribution is 5.46. The summed E-state index contributed by atoms with van der Waals surface area (Å²) in [6.45, 7) is 2.75. The first-order chi connectivity index (χ1) is 7.72. The molecule has 4 heteroatoms. The summed E-state index contributed by atoms with van der Waals surface area (Å²) in [7, 11) is 3.29. The average Bonchev–Trinajstić information content (AvgIpc) is 2.30. The molecule has 0 fully saturated rings. The van der Waals surface area contributed by atoms with E-state index in [1.165, 1.54) is 0 Å². The molecule has 0 aromatic heterocycles. The molecule has 0 radical (unpaired) electrons. The maximum Gasteiger partial charge on any atom is 0.126 e. The lowest BCUT2D eigenvalue weighted by atomic mass is 10.0. The molecule has 0 saturated carbocycles. The number of hydrogen-bond acceptors (Lipinski definition) is 4. The molecule has 16 heavy (non-hydrogen) atoms. The van der Waals surface area contributed by atoms with Crippen molar-refractivity contribution >= 4 is 0 Å². The van der Waals surface area contributed by atoms with Gasteiger partial charge in [0.15, 0.2) is 0 Å². The number of aliphatic hydroxyl groups excluding tert-OH is 1. The van der Waals surface area contributed by atoms with E-state index in [1.807, 2.05) is 19.1 Å². The maximum absolute atomic E-state index is 8.66. The molecule has 4 nitrogen and oxygen atoms in total. The second-order valence-electron chi connectivity index (χ2n) is 3.53. The fraction of sp³-hybridized carbons (Fsp3) is 0.500. The van der Waals surface area contributed by atoms with E-state index < -0.39 is 0 Å². The van der Waals surface area contributed by atoms with Crippen LogP contribution in [0.5, 0.6) is 11.5 Å². The van der Waals surface area contributed by atoms with Gasteiger partial charge in [-0.3, -0.25) is 5.32 Å². The number of rotatable bonds is 6. The summed E-state index contributed by atoms with van der Waals surface area (Å²) in [6.07, 6.45) is 0.819. The summed E-state index contributed by atoms with van der Waals surface area (Å²) >= 11 is 0. The fourth-order valence-electron chi connectivity index (χ4n) is 1.67. The second kappa shape index (κ2) is 6.35. The number of methoxy groups -OCH3 is 2. The van der Waals surface area contributed by atoms with Crippen molar-refractivity contribution in [3.05, 3.63) is 23.3 Å². The molecule has 0 unspecified atom stereocenters. The Labute approximate surface area is 96.2 Å². The first kappa shape index (κ1) is 12.8. The molecule has 0 heterocycles. The molecule has 0 aliphatic carbocycles. The van der Waals surface area contributed by atoms with Crippen LogP contribution in [0.3, 0.4) is 0 Å². The summed E-state index contributed by atoms with van der Waals surface area (Å²) in [5.41, 5.74) is 2.28. The monoisotopic (exact) mass is 225 g/mol. The Hall–Kier alpha value is -1.26. The Morgan fingerprint density at radius 3 is 2.56 bits per heavy atom. The number of aryl methyl sites for hydroxylation is 1. The molecule has 0 spiro atoms. The van der Waals surface area contributed by atoms with Crippen LogP contribution in [0.25, 0.3) is 0 Å². The summed E-state index contributed by atoms with van der Waals surface area (Å²) in [5.74, 6) is 1.63. The van der Waals surface area contributed by atoms with E-state index >= 15 is 0 Å². The molecule has 0 aliphatic rings. The van der Waals surface area contributed by atoms with Crippen LogP contribution in [0.15, 0.2) is 12.1 Å². The molecule has 0 atom stereocenters. The van der Waals surface area contributed by atoms with Crippen LogP contribution in [-0.4, -0.2) is 32.6 Å². The largest absolute Gasteiger partial charge is 0.497 e. The standard InChI is InChI=1S/C12H19NO3/c1-9-6-10(15-2)7-12(16-3)11(9)4-5-13-8-14/h6-7,13-14H,4-5,8H2,1-3H3.